The van der Waals surface area contributed by atoms with Gasteiger partial charge in [0.05, 0.1) is 11.3 Å². The van der Waals surface area contributed by atoms with Gasteiger partial charge in [0.25, 0.3) is 0 Å². The quantitative estimate of drug-likeness (QED) is 0.750. The third-order valence-corrected chi connectivity index (χ3v) is 3.15. The molecule has 0 saturated carbocycles. The van der Waals surface area contributed by atoms with Crippen molar-refractivity contribution >= 4 is 11.6 Å². The van der Waals surface area contributed by atoms with Crippen LogP contribution in [0.5, 0.6) is 0 Å². The number of benzene rings is 1. The molecule has 2 heteroatoms. The maximum Gasteiger partial charge on any atom is 0.101 e. The summed E-state index contributed by atoms with van der Waals surface area (Å²) in [4.78, 5) is 4.21. The number of aromatic nitrogens is 1. The van der Waals surface area contributed by atoms with Crippen LogP contribution in [0.4, 0.5) is 0 Å². The molecule has 0 aliphatic heterocycles. The molecular weight excluding hydrogens is 244 g/mol. The average Bonchev–Trinajstić information content (AvgIpc) is 2.45. The maximum atomic E-state index is 9.27. The van der Waals surface area contributed by atoms with Crippen molar-refractivity contribution in [3.05, 3.63) is 65.5 Å². The molecule has 0 saturated heterocycles. The van der Waals surface area contributed by atoms with E-state index in [0.717, 1.165) is 5.56 Å². The van der Waals surface area contributed by atoms with Gasteiger partial charge in [-0.1, -0.05) is 51.1 Å². The first kappa shape index (κ1) is 14.0. The lowest BCUT2D eigenvalue weighted by molar-refractivity contribution is 0.590. The second kappa shape index (κ2) is 5.71. The van der Waals surface area contributed by atoms with Crippen LogP contribution in [0.2, 0.25) is 0 Å². The summed E-state index contributed by atoms with van der Waals surface area (Å²) in [5.41, 5.74) is 3.72. The zero-order valence-corrected chi connectivity index (χ0v) is 12.1. The Bertz CT molecular complexity index is 639. The van der Waals surface area contributed by atoms with Gasteiger partial charge in [-0.15, -0.1) is 0 Å². The molecule has 0 bridgehead atoms. The summed E-state index contributed by atoms with van der Waals surface area (Å²) in [5, 5.41) is 9.27. The fourth-order valence-electron chi connectivity index (χ4n) is 1.93. The largest absolute Gasteiger partial charge is 0.256 e. The smallest absolute Gasteiger partial charge is 0.101 e. The van der Waals surface area contributed by atoms with Gasteiger partial charge in [0.2, 0.25) is 0 Å². The molecule has 0 spiro atoms. The van der Waals surface area contributed by atoms with Gasteiger partial charge in [-0.2, -0.15) is 5.26 Å². The number of hydrogen-bond acceptors (Lipinski definition) is 2. The molecule has 1 aromatic heterocycles. The van der Waals surface area contributed by atoms with Crippen molar-refractivity contribution in [2.24, 2.45) is 0 Å². The maximum absolute atomic E-state index is 9.27. The third-order valence-electron chi connectivity index (χ3n) is 3.15. The fourth-order valence-corrected chi connectivity index (χ4v) is 1.93. The Morgan fingerprint density at radius 1 is 1.10 bits per heavy atom. The topological polar surface area (TPSA) is 36.7 Å². The van der Waals surface area contributed by atoms with Gasteiger partial charge in [0.1, 0.15) is 6.07 Å². The zero-order valence-electron chi connectivity index (χ0n) is 12.1. The molecule has 0 N–H and O–H groups in total. The van der Waals surface area contributed by atoms with E-state index in [4.69, 9.17) is 0 Å². The average molecular weight is 262 g/mol. The normalized spacial score (nSPS) is 12.0. The summed E-state index contributed by atoms with van der Waals surface area (Å²) in [6.45, 7) is 6.56. The number of nitrogens with zero attached hydrogens (tertiary/aromatic N) is 2. The Morgan fingerprint density at radius 3 is 2.30 bits per heavy atom. The predicted octanol–water partition coefficient (Wildman–Crippen LogP) is 4.44. The van der Waals surface area contributed by atoms with E-state index in [0.29, 0.717) is 11.3 Å². The van der Waals surface area contributed by atoms with Crippen molar-refractivity contribution in [3.8, 4) is 6.07 Å². The number of rotatable bonds is 2. The highest BCUT2D eigenvalue weighted by Gasteiger charge is 2.12. The second-order valence-corrected chi connectivity index (χ2v) is 5.76. The van der Waals surface area contributed by atoms with E-state index >= 15 is 0 Å². The van der Waals surface area contributed by atoms with Crippen molar-refractivity contribution in [3.63, 3.8) is 0 Å². The van der Waals surface area contributed by atoms with E-state index in [-0.39, 0.29) is 5.41 Å². The molecule has 0 aliphatic carbocycles. The number of pyridine rings is 1. The minimum atomic E-state index is 0.140. The highest BCUT2D eigenvalue weighted by Crippen LogP contribution is 2.23. The van der Waals surface area contributed by atoms with Crippen LogP contribution in [0.1, 0.15) is 37.6 Å². The van der Waals surface area contributed by atoms with E-state index in [1.165, 1.54) is 5.56 Å². The minimum Gasteiger partial charge on any atom is -0.256 e. The number of hydrogen-bond donors (Lipinski definition) is 0. The minimum absolute atomic E-state index is 0.140. The highest BCUT2D eigenvalue weighted by atomic mass is 14.7. The van der Waals surface area contributed by atoms with Crippen molar-refractivity contribution in [2.45, 2.75) is 26.2 Å². The summed E-state index contributed by atoms with van der Waals surface area (Å²) >= 11 is 0. The summed E-state index contributed by atoms with van der Waals surface area (Å²) < 4.78 is 0. The monoisotopic (exact) mass is 262 g/mol. The zero-order chi connectivity index (χ0) is 14.6. The van der Waals surface area contributed by atoms with Crippen LogP contribution >= 0.6 is 0 Å². The van der Waals surface area contributed by atoms with Crippen LogP contribution in [0.25, 0.3) is 11.6 Å². The first-order chi connectivity index (χ1) is 9.50. The Hall–Kier alpha value is -2.40. The van der Waals surface area contributed by atoms with Gasteiger partial charge >= 0.3 is 0 Å². The Kier molecular flexibility index (Phi) is 4.00. The molecule has 1 aromatic carbocycles. The first-order valence-electron chi connectivity index (χ1n) is 6.64. The molecule has 0 radical (unpaired) electrons. The molecule has 0 amide bonds. The molecule has 0 fully saturated rings. The van der Waals surface area contributed by atoms with Crippen molar-refractivity contribution in [2.75, 3.05) is 0 Å². The van der Waals surface area contributed by atoms with E-state index in [1.54, 1.807) is 6.20 Å². The van der Waals surface area contributed by atoms with Gasteiger partial charge in [0, 0.05) is 6.20 Å². The van der Waals surface area contributed by atoms with Gasteiger partial charge in [-0.25, -0.2) is 0 Å². The molecule has 2 aromatic rings. The van der Waals surface area contributed by atoms with E-state index in [1.807, 2.05) is 36.4 Å². The van der Waals surface area contributed by atoms with Crippen LogP contribution in [0, 0.1) is 11.3 Å². The van der Waals surface area contributed by atoms with E-state index < -0.39 is 0 Å². The summed E-state index contributed by atoms with van der Waals surface area (Å²) in [5.74, 6) is 0. The molecule has 0 aliphatic rings. The molecule has 1 heterocycles. The third kappa shape index (κ3) is 3.33. The van der Waals surface area contributed by atoms with E-state index in [9.17, 15) is 5.26 Å². The Morgan fingerprint density at radius 2 is 1.80 bits per heavy atom. The Balaban J connectivity index is 2.33. The first-order valence-corrected chi connectivity index (χ1v) is 6.64. The Labute approximate surface area is 120 Å². The summed E-state index contributed by atoms with van der Waals surface area (Å²) in [6.07, 6.45) is 3.57. The molecule has 20 heavy (non-hydrogen) atoms. The van der Waals surface area contributed by atoms with Gasteiger partial charge < -0.3 is 0 Å². The van der Waals surface area contributed by atoms with Crippen LogP contribution in [-0.4, -0.2) is 4.98 Å². The van der Waals surface area contributed by atoms with Crippen molar-refractivity contribution in [1.29, 1.82) is 5.26 Å². The van der Waals surface area contributed by atoms with Crippen LogP contribution < -0.4 is 0 Å². The molecule has 0 unspecified atom stereocenters. The lowest BCUT2D eigenvalue weighted by atomic mass is 9.86. The van der Waals surface area contributed by atoms with Gasteiger partial charge in [0.15, 0.2) is 0 Å². The van der Waals surface area contributed by atoms with Crippen molar-refractivity contribution < 1.29 is 0 Å². The number of allylic oxidation sites excluding steroid dienone is 1. The second-order valence-electron chi connectivity index (χ2n) is 5.76. The van der Waals surface area contributed by atoms with Crippen LogP contribution in [0.15, 0.2) is 48.7 Å². The lowest BCUT2D eigenvalue weighted by Crippen LogP contribution is -2.10. The lowest BCUT2D eigenvalue weighted by Gasteiger charge is -2.18. The van der Waals surface area contributed by atoms with Crippen LogP contribution in [-0.2, 0) is 5.41 Å². The fraction of sp³-hybridized carbons (Fsp3) is 0.222. The molecule has 2 rings (SSSR count). The summed E-state index contributed by atoms with van der Waals surface area (Å²) in [6, 6.07) is 16.1. The van der Waals surface area contributed by atoms with Gasteiger partial charge in [-0.3, -0.25) is 4.98 Å². The molecular formula is C18H18N2. The standard InChI is InChI=1S/C18H18N2/c1-18(2,3)16-9-7-14(8-10-16)12-15(13-19)17-6-4-5-11-20-17/h4-12H,1-3H3. The number of nitriles is 1. The predicted molar refractivity (Wildman–Crippen MR) is 82.9 cm³/mol. The summed E-state index contributed by atoms with van der Waals surface area (Å²) in [7, 11) is 0. The SMILES string of the molecule is CC(C)(C)c1ccc(C=C(C#N)c2ccccn2)cc1. The molecule has 0 atom stereocenters. The van der Waals surface area contributed by atoms with Gasteiger partial charge in [-0.05, 0) is 34.8 Å². The molecule has 2 nitrogen and oxygen atoms in total. The van der Waals surface area contributed by atoms with E-state index in [2.05, 4.69) is 44.0 Å². The van der Waals surface area contributed by atoms with Crippen molar-refractivity contribution in [1.82, 2.24) is 4.98 Å². The molecule has 100 valence electrons. The highest BCUT2D eigenvalue weighted by molar-refractivity contribution is 5.88. The van der Waals surface area contributed by atoms with Crippen LogP contribution in [0.3, 0.4) is 0 Å².